The molecule has 0 saturated heterocycles. The molecule has 1 aliphatic heterocycles. The molecule has 1 aliphatic rings. The Hall–Kier alpha value is -1.82. The SMILES string of the molecule is CC(C)(O)CCN1C(=O)C(=O)c2c(F)ccc(F)c21. The molecule has 1 aromatic carbocycles. The molecule has 2 rings (SSSR count). The highest BCUT2D eigenvalue weighted by Gasteiger charge is 2.40. The maximum atomic E-state index is 13.7. The highest BCUT2D eigenvalue weighted by molar-refractivity contribution is 6.52. The van der Waals surface area contributed by atoms with Crippen molar-refractivity contribution in [3.05, 3.63) is 29.3 Å². The van der Waals surface area contributed by atoms with E-state index < -0.39 is 34.5 Å². The van der Waals surface area contributed by atoms with Gasteiger partial charge in [-0.3, -0.25) is 9.59 Å². The van der Waals surface area contributed by atoms with E-state index in [2.05, 4.69) is 0 Å². The number of hydrogen-bond acceptors (Lipinski definition) is 3. The number of benzene rings is 1. The van der Waals surface area contributed by atoms with Gasteiger partial charge < -0.3 is 10.0 Å². The predicted octanol–water partition coefficient (Wildman–Crippen LogP) is 1.66. The molecule has 1 aromatic rings. The number of anilines is 1. The lowest BCUT2D eigenvalue weighted by molar-refractivity contribution is -0.114. The lowest BCUT2D eigenvalue weighted by Gasteiger charge is -2.22. The van der Waals surface area contributed by atoms with Gasteiger partial charge in [-0.2, -0.15) is 0 Å². The Morgan fingerprint density at radius 2 is 1.79 bits per heavy atom. The Labute approximate surface area is 108 Å². The van der Waals surface area contributed by atoms with E-state index in [9.17, 15) is 23.5 Å². The smallest absolute Gasteiger partial charge is 0.299 e. The van der Waals surface area contributed by atoms with Crippen LogP contribution in [-0.4, -0.2) is 28.9 Å². The van der Waals surface area contributed by atoms with Crippen molar-refractivity contribution in [3.8, 4) is 0 Å². The van der Waals surface area contributed by atoms with Gasteiger partial charge in [0.2, 0.25) is 0 Å². The van der Waals surface area contributed by atoms with Crippen molar-refractivity contribution in [2.24, 2.45) is 0 Å². The summed E-state index contributed by atoms with van der Waals surface area (Å²) in [4.78, 5) is 24.3. The average Bonchev–Trinajstić information content (AvgIpc) is 2.55. The molecule has 19 heavy (non-hydrogen) atoms. The average molecular weight is 269 g/mol. The second-order valence-electron chi connectivity index (χ2n) is 5.10. The van der Waals surface area contributed by atoms with Crippen molar-refractivity contribution in [2.75, 3.05) is 11.4 Å². The summed E-state index contributed by atoms with van der Waals surface area (Å²) in [7, 11) is 0. The van der Waals surface area contributed by atoms with E-state index in [1.54, 1.807) is 0 Å². The number of amides is 1. The van der Waals surface area contributed by atoms with Crippen molar-refractivity contribution >= 4 is 17.4 Å². The molecule has 0 fully saturated rings. The third-order valence-corrected chi connectivity index (χ3v) is 2.96. The zero-order valence-corrected chi connectivity index (χ0v) is 10.5. The Morgan fingerprint density at radius 3 is 2.37 bits per heavy atom. The highest BCUT2D eigenvalue weighted by Crippen LogP contribution is 2.34. The van der Waals surface area contributed by atoms with E-state index in [1.807, 2.05) is 0 Å². The minimum Gasteiger partial charge on any atom is -0.390 e. The number of ketones is 1. The summed E-state index contributed by atoms with van der Waals surface area (Å²) in [5.74, 6) is -3.77. The van der Waals surface area contributed by atoms with Crippen LogP contribution in [0.15, 0.2) is 12.1 Å². The minimum absolute atomic E-state index is 0.0541. The quantitative estimate of drug-likeness (QED) is 0.849. The van der Waals surface area contributed by atoms with Crippen LogP contribution < -0.4 is 4.90 Å². The van der Waals surface area contributed by atoms with Crippen molar-refractivity contribution in [1.29, 1.82) is 0 Å². The van der Waals surface area contributed by atoms with Gasteiger partial charge in [-0.1, -0.05) is 0 Å². The topological polar surface area (TPSA) is 57.6 Å². The summed E-state index contributed by atoms with van der Waals surface area (Å²) in [5, 5.41) is 9.61. The molecule has 1 amide bonds. The van der Waals surface area contributed by atoms with Gasteiger partial charge in [-0.15, -0.1) is 0 Å². The number of halogens is 2. The molecule has 0 atom stereocenters. The van der Waals surface area contributed by atoms with Gasteiger partial charge in [0.1, 0.15) is 11.6 Å². The number of aliphatic hydroxyl groups is 1. The fraction of sp³-hybridized carbons (Fsp3) is 0.385. The molecule has 0 spiro atoms. The van der Waals surface area contributed by atoms with Gasteiger partial charge in [0.25, 0.3) is 11.7 Å². The first-order chi connectivity index (χ1) is 8.72. The summed E-state index contributed by atoms with van der Waals surface area (Å²) >= 11 is 0. The van der Waals surface area contributed by atoms with Crippen molar-refractivity contribution in [2.45, 2.75) is 25.9 Å². The number of Topliss-reactive ketones (excluding diaryl/α,β-unsaturated/α-hetero) is 1. The van der Waals surface area contributed by atoms with Gasteiger partial charge >= 0.3 is 0 Å². The summed E-state index contributed by atoms with van der Waals surface area (Å²) < 4.78 is 27.2. The lowest BCUT2D eigenvalue weighted by Crippen LogP contribution is -2.35. The Bertz CT molecular complexity index is 564. The molecule has 1 N–H and O–H groups in total. The Balaban J connectivity index is 2.42. The number of nitrogens with zero attached hydrogens (tertiary/aromatic N) is 1. The van der Waals surface area contributed by atoms with Crippen molar-refractivity contribution < 1.29 is 23.5 Å². The van der Waals surface area contributed by atoms with Crippen LogP contribution in [0.2, 0.25) is 0 Å². The van der Waals surface area contributed by atoms with Gasteiger partial charge in [0.05, 0.1) is 16.9 Å². The van der Waals surface area contributed by atoms with Crippen LogP contribution in [0.5, 0.6) is 0 Å². The molecule has 0 aliphatic carbocycles. The normalized spacial score (nSPS) is 15.1. The van der Waals surface area contributed by atoms with Crippen LogP contribution in [0.3, 0.4) is 0 Å². The second-order valence-corrected chi connectivity index (χ2v) is 5.10. The minimum atomic E-state index is -1.07. The van der Waals surface area contributed by atoms with Gasteiger partial charge in [-0.05, 0) is 32.4 Å². The van der Waals surface area contributed by atoms with Crippen LogP contribution in [-0.2, 0) is 4.79 Å². The standard InChI is InChI=1S/C13H13F2NO3/c1-13(2,19)5-6-16-10-8(15)4-3-7(14)9(10)11(17)12(16)18/h3-4,19H,5-6H2,1-2H3. The van der Waals surface area contributed by atoms with Crippen molar-refractivity contribution in [1.82, 2.24) is 0 Å². The van der Waals surface area contributed by atoms with Crippen LogP contribution in [0.4, 0.5) is 14.5 Å². The number of carbonyl (C=O) groups excluding carboxylic acids is 2. The molecule has 1 heterocycles. The molecule has 0 saturated carbocycles. The second kappa shape index (κ2) is 4.38. The first-order valence-corrected chi connectivity index (χ1v) is 5.79. The van der Waals surface area contributed by atoms with E-state index in [-0.39, 0.29) is 18.7 Å². The molecule has 0 aromatic heterocycles. The maximum Gasteiger partial charge on any atom is 0.299 e. The van der Waals surface area contributed by atoms with Crippen LogP contribution in [0.1, 0.15) is 30.6 Å². The van der Waals surface area contributed by atoms with E-state index in [0.29, 0.717) is 0 Å². The first-order valence-electron chi connectivity index (χ1n) is 5.79. The van der Waals surface area contributed by atoms with E-state index in [4.69, 9.17) is 0 Å². The van der Waals surface area contributed by atoms with Crippen LogP contribution in [0.25, 0.3) is 0 Å². The largest absolute Gasteiger partial charge is 0.390 e. The molecule has 0 bridgehead atoms. The number of hydrogen-bond donors (Lipinski definition) is 1. The fourth-order valence-corrected chi connectivity index (χ4v) is 1.95. The third-order valence-electron chi connectivity index (χ3n) is 2.96. The number of carbonyl (C=O) groups is 2. The maximum absolute atomic E-state index is 13.7. The van der Waals surface area contributed by atoms with E-state index >= 15 is 0 Å². The summed E-state index contributed by atoms with van der Waals surface area (Å²) in [6, 6.07) is 1.69. The molecular formula is C13H13F2NO3. The molecule has 0 unspecified atom stereocenters. The monoisotopic (exact) mass is 269 g/mol. The summed E-state index contributed by atoms with van der Waals surface area (Å²) in [6.07, 6.45) is 0.140. The molecule has 102 valence electrons. The predicted molar refractivity (Wildman–Crippen MR) is 64.0 cm³/mol. The third kappa shape index (κ3) is 2.35. The Kier molecular flexibility index (Phi) is 3.14. The van der Waals surface area contributed by atoms with Crippen LogP contribution >= 0.6 is 0 Å². The van der Waals surface area contributed by atoms with Crippen LogP contribution in [0, 0.1) is 11.6 Å². The fourth-order valence-electron chi connectivity index (χ4n) is 1.95. The summed E-state index contributed by atoms with van der Waals surface area (Å²) in [5.41, 5.74) is -1.93. The van der Waals surface area contributed by atoms with E-state index in [1.165, 1.54) is 13.8 Å². The van der Waals surface area contributed by atoms with Gasteiger partial charge in [0.15, 0.2) is 0 Å². The highest BCUT2D eigenvalue weighted by atomic mass is 19.1. The first kappa shape index (κ1) is 13.6. The zero-order chi connectivity index (χ0) is 14.4. The lowest BCUT2D eigenvalue weighted by atomic mass is 10.1. The molecule has 4 nitrogen and oxygen atoms in total. The number of fused-ring (bicyclic) bond motifs is 1. The summed E-state index contributed by atoms with van der Waals surface area (Å²) in [6.45, 7) is 3.00. The van der Waals surface area contributed by atoms with Crippen molar-refractivity contribution in [3.63, 3.8) is 0 Å². The number of rotatable bonds is 3. The Morgan fingerprint density at radius 1 is 1.21 bits per heavy atom. The molecule has 0 radical (unpaired) electrons. The molecular weight excluding hydrogens is 256 g/mol. The zero-order valence-electron chi connectivity index (χ0n) is 10.5. The van der Waals surface area contributed by atoms with Gasteiger partial charge in [-0.25, -0.2) is 8.78 Å². The van der Waals surface area contributed by atoms with Gasteiger partial charge in [0, 0.05) is 6.54 Å². The molecule has 6 heteroatoms. The van der Waals surface area contributed by atoms with E-state index in [0.717, 1.165) is 17.0 Å².